The van der Waals surface area contributed by atoms with Gasteiger partial charge in [-0.1, -0.05) is 0 Å². The van der Waals surface area contributed by atoms with Gasteiger partial charge in [-0.15, -0.1) is 0 Å². The molecule has 126 valence electrons. The number of ether oxygens (including phenoxy) is 1. The van der Waals surface area contributed by atoms with Crippen molar-refractivity contribution in [3.63, 3.8) is 0 Å². The van der Waals surface area contributed by atoms with Gasteiger partial charge < -0.3 is 0 Å². The first kappa shape index (κ1) is 19.7. The molecule has 0 spiro atoms. The van der Waals surface area contributed by atoms with Gasteiger partial charge in [0.05, 0.1) is 0 Å². The van der Waals surface area contributed by atoms with Crippen LogP contribution in [0.3, 0.4) is 0 Å². The second kappa shape index (κ2) is 10.5. The molecular formula is C18H32FNOSn. The average Bonchev–Trinajstić information content (AvgIpc) is 2.55. The summed E-state index contributed by atoms with van der Waals surface area (Å²) in [5.74, 6) is 0.488. The zero-order valence-corrected chi connectivity index (χ0v) is 17.6. The van der Waals surface area contributed by atoms with Gasteiger partial charge in [-0.3, -0.25) is 0 Å². The van der Waals surface area contributed by atoms with Crippen LogP contribution in [0.4, 0.5) is 4.39 Å². The van der Waals surface area contributed by atoms with Crippen LogP contribution >= 0.6 is 0 Å². The third-order valence-electron chi connectivity index (χ3n) is 4.64. The fraction of sp³-hybridized carbons (Fsp3) is 0.722. The van der Waals surface area contributed by atoms with Crippen LogP contribution in [-0.4, -0.2) is 30.5 Å². The molecule has 1 aromatic heterocycles. The Balaban J connectivity index is 3.23. The first-order chi connectivity index (χ1) is 10.6. The number of unbranched alkanes of at least 4 members (excludes halogenated alkanes) is 3. The summed E-state index contributed by atoms with van der Waals surface area (Å²) in [6, 6.07) is 1.92. The molecule has 0 aliphatic heterocycles. The molecule has 1 rings (SSSR count). The van der Waals surface area contributed by atoms with Crippen molar-refractivity contribution in [1.29, 1.82) is 0 Å². The summed E-state index contributed by atoms with van der Waals surface area (Å²) in [4.78, 5) is 4.05. The summed E-state index contributed by atoms with van der Waals surface area (Å²) in [5, 5.41) is 0. The molecule has 2 nitrogen and oxygen atoms in total. The number of methoxy groups -OCH3 is 1. The van der Waals surface area contributed by atoms with Crippen molar-refractivity contribution >= 4 is 22.0 Å². The van der Waals surface area contributed by atoms with Crippen LogP contribution < -0.4 is 8.32 Å². The Morgan fingerprint density at radius 1 is 1.00 bits per heavy atom. The summed E-state index contributed by atoms with van der Waals surface area (Å²) in [6.07, 6.45) is 8.65. The molecule has 0 N–H and O–H groups in total. The first-order valence-corrected chi connectivity index (χ1v) is 16.3. The molecule has 22 heavy (non-hydrogen) atoms. The predicted molar refractivity (Wildman–Crippen MR) is 95.3 cm³/mol. The normalized spacial score (nSPS) is 11.7. The van der Waals surface area contributed by atoms with Crippen LogP contribution in [0.15, 0.2) is 12.3 Å². The van der Waals surface area contributed by atoms with E-state index < -0.39 is 18.4 Å². The molecule has 4 heteroatoms. The van der Waals surface area contributed by atoms with E-state index in [1.165, 1.54) is 58.0 Å². The molecule has 0 unspecified atom stereocenters. The van der Waals surface area contributed by atoms with Gasteiger partial charge >= 0.3 is 140 Å². The number of rotatable bonds is 11. The van der Waals surface area contributed by atoms with E-state index in [1.807, 2.05) is 6.07 Å². The summed E-state index contributed by atoms with van der Waals surface area (Å²) < 4.78 is 24.7. The summed E-state index contributed by atoms with van der Waals surface area (Å²) in [5.41, 5.74) is 0. The Morgan fingerprint density at radius 3 is 1.91 bits per heavy atom. The summed E-state index contributed by atoms with van der Waals surface area (Å²) in [6.45, 7) is 6.71. The van der Waals surface area contributed by atoms with Crippen LogP contribution in [0.2, 0.25) is 13.3 Å². The van der Waals surface area contributed by atoms with Crippen molar-refractivity contribution in [3.05, 3.63) is 18.1 Å². The third kappa shape index (κ3) is 5.39. The van der Waals surface area contributed by atoms with Crippen molar-refractivity contribution in [2.24, 2.45) is 0 Å². The summed E-state index contributed by atoms with van der Waals surface area (Å²) in [7, 11) is 1.62. The first-order valence-electron chi connectivity index (χ1n) is 8.83. The molecule has 0 radical (unpaired) electrons. The van der Waals surface area contributed by atoms with E-state index in [0.29, 0.717) is 5.88 Å². The molecule has 0 aliphatic carbocycles. The van der Waals surface area contributed by atoms with E-state index in [4.69, 9.17) is 4.74 Å². The molecular weight excluding hydrogens is 384 g/mol. The van der Waals surface area contributed by atoms with E-state index in [0.717, 1.165) is 3.58 Å². The molecule has 1 heterocycles. The van der Waals surface area contributed by atoms with E-state index in [2.05, 4.69) is 25.8 Å². The Bertz CT molecular complexity index is 417. The molecule has 0 aromatic carbocycles. The van der Waals surface area contributed by atoms with Crippen LogP contribution in [-0.2, 0) is 0 Å². The molecule has 0 saturated carbocycles. The maximum absolute atomic E-state index is 14.6. The Morgan fingerprint density at radius 2 is 1.50 bits per heavy atom. The molecule has 0 amide bonds. The topological polar surface area (TPSA) is 22.1 Å². The molecule has 0 bridgehead atoms. The standard InChI is InChI=1S/C6H5FNO.3C4H9.Sn/c1-9-6-3-2-5(7)4-8-6;3*1-3-4-2;/h3-4H,1H3;3*1,3-4H2,2H3;. The Hall–Kier alpha value is -0.321. The van der Waals surface area contributed by atoms with Crippen molar-refractivity contribution in [2.75, 3.05) is 7.11 Å². The molecule has 0 atom stereocenters. The van der Waals surface area contributed by atoms with Crippen molar-refractivity contribution in [2.45, 2.75) is 72.6 Å². The molecule has 0 aliphatic rings. The van der Waals surface area contributed by atoms with Gasteiger partial charge in [0.25, 0.3) is 0 Å². The van der Waals surface area contributed by atoms with Crippen LogP contribution in [0.25, 0.3) is 0 Å². The van der Waals surface area contributed by atoms with Crippen LogP contribution in [0, 0.1) is 5.82 Å². The number of halogens is 1. The van der Waals surface area contributed by atoms with Gasteiger partial charge in [0.15, 0.2) is 0 Å². The molecule has 0 fully saturated rings. The van der Waals surface area contributed by atoms with Crippen molar-refractivity contribution in [3.8, 4) is 5.88 Å². The SMILES string of the molecule is CCC[CH2][Sn]([CH2]CCC)([CH2]CCC)[c]1cc(OC)ncc1F. The fourth-order valence-electron chi connectivity index (χ4n) is 3.26. The average molecular weight is 416 g/mol. The van der Waals surface area contributed by atoms with Gasteiger partial charge in [0.2, 0.25) is 0 Å². The van der Waals surface area contributed by atoms with Crippen molar-refractivity contribution in [1.82, 2.24) is 4.98 Å². The molecule has 1 aromatic rings. The predicted octanol–water partition coefficient (Wildman–Crippen LogP) is 5.29. The van der Waals surface area contributed by atoms with E-state index in [9.17, 15) is 4.39 Å². The minimum absolute atomic E-state index is 0.0834. The Labute approximate surface area is 139 Å². The maximum atomic E-state index is 14.6. The van der Waals surface area contributed by atoms with Gasteiger partial charge in [0.1, 0.15) is 0 Å². The monoisotopic (exact) mass is 417 g/mol. The van der Waals surface area contributed by atoms with Gasteiger partial charge in [0, 0.05) is 0 Å². The van der Waals surface area contributed by atoms with Crippen LogP contribution in [0.1, 0.15) is 59.3 Å². The zero-order valence-electron chi connectivity index (χ0n) is 14.8. The fourth-order valence-corrected chi connectivity index (χ4v) is 19.4. The van der Waals surface area contributed by atoms with E-state index in [-0.39, 0.29) is 5.82 Å². The van der Waals surface area contributed by atoms with E-state index in [1.54, 1.807) is 7.11 Å². The second-order valence-electron chi connectivity index (χ2n) is 6.30. The zero-order chi connectivity index (χ0) is 16.4. The van der Waals surface area contributed by atoms with Gasteiger partial charge in [-0.25, -0.2) is 0 Å². The number of hydrogen-bond acceptors (Lipinski definition) is 2. The molecule has 0 saturated heterocycles. The third-order valence-corrected chi connectivity index (χ3v) is 20.2. The Kier molecular flexibility index (Phi) is 9.37. The quantitative estimate of drug-likeness (QED) is 0.458. The number of hydrogen-bond donors (Lipinski definition) is 0. The van der Waals surface area contributed by atoms with Crippen LogP contribution in [0.5, 0.6) is 5.88 Å². The van der Waals surface area contributed by atoms with Crippen molar-refractivity contribution < 1.29 is 9.13 Å². The number of aromatic nitrogens is 1. The second-order valence-corrected chi connectivity index (χ2v) is 19.4. The van der Waals surface area contributed by atoms with Gasteiger partial charge in [-0.2, -0.15) is 0 Å². The van der Waals surface area contributed by atoms with Gasteiger partial charge in [-0.05, 0) is 0 Å². The summed E-state index contributed by atoms with van der Waals surface area (Å²) >= 11 is -2.72. The number of pyridine rings is 1. The minimum atomic E-state index is -2.72. The van der Waals surface area contributed by atoms with E-state index >= 15 is 0 Å². The number of nitrogens with zero attached hydrogens (tertiary/aromatic N) is 1.